The van der Waals surface area contributed by atoms with Crippen LogP contribution < -0.4 is 10.6 Å². The second kappa shape index (κ2) is 9.52. The first-order valence-corrected chi connectivity index (χ1v) is 10.8. The molecule has 2 amide bonds. The highest BCUT2D eigenvalue weighted by molar-refractivity contribution is 6.33. The predicted molar refractivity (Wildman–Crippen MR) is 123 cm³/mol. The van der Waals surface area contributed by atoms with Crippen molar-refractivity contribution in [3.8, 4) is 0 Å². The average molecular weight is 428 g/mol. The van der Waals surface area contributed by atoms with Crippen molar-refractivity contribution >= 4 is 34.8 Å². The average Bonchev–Trinajstić information content (AvgIpc) is 2.73. The van der Waals surface area contributed by atoms with Crippen LogP contribution in [-0.4, -0.2) is 29.8 Å². The van der Waals surface area contributed by atoms with Crippen LogP contribution in [0.5, 0.6) is 0 Å². The van der Waals surface area contributed by atoms with Gasteiger partial charge in [0.25, 0.3) is 0 Å². The van der Waals surface area contributed by atoms with Gasteiger partial charge in [-0.25, -0.2) is 0 Å². The van der Waals surface area contributed by atoms with Crippen molar-refractivity contribution in [2.24, 2.45) is 11.3 Å². The molecule has 2 N–H and O–H groups in total. The minimum atomic E-state index is -0.387. The first-order valence-electron chi connectivity index (χ1n) is 10.4. The maximum atomic E-state index is 12.7. The van der Waals surface area contributed by atoms with Gasteiger partial charge in [0, 0.05) is 36.7 Å². The molecule has 1 heterocycles. The quantitative estimate of drug-likeness (QED) is 0.691. The number of benzene rings is 2. The molecule has 2 aromatic rings. The van der Waals surface area contributed by atoms with Crippen LogP contribution in [0.3, 0.4) is 0 Å². The third-order valence-electron chi connectivity index (χ3n) is 5.36. The molecule has 6 heteroatoms. The summed E-state index contributed by atoms with van der Waals surface area (Å²) in [6.07, 6.45) is 1.36. The van der Waals surface area contributed by atoms with Gasteiger partial charge in [0.1, 0.15) is 0 Å². The van der Waals surface area contributed by atoms with E-state index in [4.69, 9.17) is 11.6 Å². The normalized spacial score (nSPS) is 15.0. The smallest absolute Gasteiger partial charge is 0.227 e. The first-order chi connectivity index (χ1) is 14.2. The minimum Gasteiger partial charge on any atom is -0.380 e. The molecule has 0 radical (unpaired) electrons. The standard InChI is InChI=1S/C24H30ClN3O2/c1-24(2,3)23(30)28-13-11-18(12-14-28)22(29)27-19-9-10-21(20(25)15-19)26-16-17-7-5-4-6-8-17/h4-10,15,18,26H,11-14,16H2,1-3H3,(H,27,29). The van der Waals surface area contributed by atoms with Crippen molar-refractivity contribution in [1.29, 1.82) is 0 Å². The number of amides is 2. The van der Waals surface area contributed by atoms with Crippen LogP contribution >= 0.6 is 11.6 Å². The number of nitrogens with one attached hydrogen (secondary N) is 2. The van der Waals surface area contributed by atoms with E-state index in [1.807, 2.05) is 56.0 Å². The lowest BCUT2D eigenvalue weighted by molar-refractivity contribution is -0.142. The van der Waals surface area contributed by atoms with E-state index in [-0.39, 0.29) is 23.1 Å². The highest BCUT2D eigenvalue weighted by atomic mass is 35.5. The maximum absolute atomic E-state index is 12.7. The fourth-order valence-corrected chi connectivity index (χ4v) is 3.84. The number of likely N-dealkylation sites (tertiary alicyclic amines) is 1. The van der Waals surface area contributed by atoms with Crippen LogP contribution in [0.1, 0.15) is 39.2 Å². The highest BCUT2D eigenvalue weighted by Crippen LogP contribution is 2.28. The fourth-order valence-electron chi connectivity index (χ4n) is 3.59. The number of hydrogen-bond donors (Lipinski definition) is 2. The first kappa shape index (κ1) is 22.2. The number of piperidine rings is 1. The number of anilines is 2. The van der Waals surface area contributed by atoms with Crippen molar-refractivity contribution < 1.29 is 9.59 Å². The molecule has 1 aliphatic rings. The molecule has 0 aliphatic carbocycles. The van der Waals surface area contributed by atoms with E-state index in [2.05, 4.69) is 22.8 Å². The Labute approximate surface area is 183 Å². The Morgan fingerprint density at radius 2 is 1.73 bits per heavy atom. The van der Waals surface area contributed by atoms with E-state index in [0.717, 1.165) is 5.69 Å². The summed E-state index contributed by atoms with van der Waals surface area (Å²) in [5, 5.41) is 6.86. The van der Waals surface area contributed by atoms with E-state index in [1.54, 1.807) is 6.07 Å². The van der Waals surface area contributed by atoms with Gasteiger partial charge in [0.05, 0.1) is 10.7 Å². The molecule has 0 unspecified atom stereocenters. The molecule has 0 saturated carbocycles. The second-order valence-corrected chi connectivity index (χ2v) is 9.25. The van der Waals surface area contributed by atoms with Crippen molar-refractivity contribution in [3.63, 3.8) is 0 Å². The Kier molecular flexibility index (Phi) is 7.03. The summed E-state index contributed by atoms with van der Waals surface area (Å²) in [5.41, 5.74) is 2.29. The number of hydrogen-bond acceptors (Lipinski definition) is 3. The van der Waals surface area contributed by atoms with Crippen molar-refractivity contribution in [2.45, 2.75) is 40.2 Å². The van der Waals surface area contributed by atoms with E-state index in [0.29, 0.717) is 43.2 Å². The van der Waals surface area contributed by atoms with Crippen LogP contribution in [0.15, 0.2) is 48.5 Å². The fraction of sp³-hybridized carbons (Fsp3) is 0.417. The maximum Gasteiger partial charge on any atom is 0.227 e. The lowest BCUT2D eigenvalue weighted by Gasteiger charge is -2.35. The summed E-state index contributed by atoms with van der Waals surface area (Å²) in [6, 6.07) is 15.6. The number of rotatable bonds is 5. The molecular formula is C24H30ClN3O2. The van der Waals surface area contributed by atoms with Crippen molar-refractivity contribution in [2.75, 3.05) is 23.7 Å². The Bertz CT molecular complexity index is 885. The van der Waals surface area contributed by atoms with Crippen LogP contribution in [0.2, 0.25) is 5.02 Å². The molecule has 30 heavy (non-hydrogen) atoms. The van der Waals surface area contributed by atoms with E-state index in [9.17, 15) is 9.59 Å². The van der Waals surface area contributed by atoms with Crippen LogP contribution in [0.4, 0.5) is 11.4 Å². The van der Waals surface area contributed by atoms with Gasteiger partial charge in [0.2, 0.25) is 11.8 Å². The molecule has 3 rings (SSSR count). The topological polar surface area (TPSA) is 61.4 Å². The van der Waals surface area contributed by atoms with E-state index >= 15 is 0 Å². The van der Waals surface area contributed by atoms with Crippen molar-refractivity contribution in [1.82, 2.24) is 4.90 Å². The predicted octanol–water partition coefficient (Wildman–Crippen LogP) is 5.18. The zero-order valence-corrected chi connectivity index (χ0v) is 18.6. The van der Waals surface area contributed by atoms with Gasteiger partial charge in [-0.1, -0.05) is 62.7 Å². The number of carbonyl (C=O) groups excluding carboxylic acids is 2. The third kappa shape index (κ3) is 5.76. The molecule has 0 bridgehead atoms. The van der Waals surface area contributed by atoms with E-state index in [1.165, 1.54) is 5.56 Å². The third-order valence-corrected chi connectivity index (χ3v) is 5.67. The molecule has 1 fully saturated rings. The van der Waals surface area contributed by atoms with Gasteiger partial charge in [-0.15, -0.1) is 0 Å². The van der Waals surface area contributed by atoms with Crippen LogP contribution in [-0.2, 0) is 16.1 Å². The lowest BCUT2D eigenvalue weighted by atomic mass is 9.90. The van der Waals surface area contributed by atoms with Gasteiger partial charge in [-0.3, -0.25) is 9.59 Å². The van der Waals surface area contributed by atoms with E-state index < -0.39 is 0 Å². The van der Waals surface area contributed by atoms with Gasteiger partial charge in [0.15, 0.2) is 0 Å². The largest absolute Gasteiger partial charge is 0.380 e. The monoisotopic (exact) mass is 427 g/mol. The summed E-state index contributed by atoms with van der Waals surface area (Å²) >= 11 is 6.40. The minimum absolute atomic E-state index is 0.0149. The SMILES string of the molecule is CC(C)(C)C(=O)N1CCC(C(=O)Nc2ccc(NCc3ccccc3)c(Cl)c2)CC1. The summed E-state index contributed by atoms with van der Waals surface area (Å²) < 4.78 is 0. The lowest BCUT2D eigenvalue weighted by Crippen LogP contribution is -2.45. The number of nitrogens with zero attached hydrogens (tertiary/aromatic N) is 1. The molecule has 1 saturated heterocycles. The molecular weight excluding hydrogens is 398 g/mol. The second-order valence-electron chi connectivity index (χ2n) is 8.84. The van der Waals surface area contributed by atoms with Gasteiger partial charge < -0.3 is 15.5 Å². The molecule has 160 valence electrons. The number of halogens is 1. The molecule has 5 nitrogen and oxygen atoms in total. The van der Waals surface area contributed by atoms with Crippen molar-refractivity contribution in [3.05, 3.63) is 59.1 Å². The Balaban J connectivity index is 1.52. The molecule has 0 spiro atoms. The van der Waals surface area contributed by atoms with Crippen LogP contribution in [0, 0.1) is 11.3 Å². The Morgan fingerprint density at radius 1 is 1.07 bits per heavy atom. The summed E-state index contributed by atoms with van der Waals surface area (Å²) in [6.45, 7) is 7.70. The zero-order valence-electron chi connectivity index (χ0n) is 17.9. The Morgan fingerprint density at radius 3 is 2.33 bits per heavy atom. The molecule has 1 aliphatic heterocycles. The van der Waals surface area contributed by atoms with Gasteiger partial charge in [-0.2, -0.15) is 0 Å². The summed E-state index contributed by atoms with van der Waals surface area (Å²) in [5.74, 6) is 0.0364. The molecule has 0 atom stereocenters. The van der Waals surface area contributed by atoms with Crippen LogP contribution in [0.25, 0.3) is 0 Å². The van der Waals surface area contributed by atoms with Gasteiger partial charge >= 0.3 is 0 Å². The zero-order chi connectivity index (χ0) is 21.7. The molecule has 2 aromatic carbocycles. The molecule has 0 aromatic heterocycles. The summed E-state index contributed by atoms with van der Waals surface area (Å²) in [4.78, 5) is 26.9. The summed E-state index contributed by atoms with van der Waals surface area (Å²) in [7, 11) is 0. The Hall–Kier alpha value is -2.53. The number of carbonyl (C=O) groups is 2. The highest BCUT2D eigenvalue weighted by Gasteiger charge is 2.32. The van der Waals surface area contributed by atoms with Gasteiger partial charge in [-0.05, 0) is 36.6 Å².